The van der Waals surface area contributed by atoms with Gasteiger partial charge in [0.05, 0.1) is 0 Å². The molecule has 0 aromatic heterocycles. The van der Waals surface area contributed by atoms with E-state index in [1.165, 1.54) is 94.6 Å². The van der Waals surface area contributed by atoms with Crippen molar-refractivity contribution in [2.75, 3.05) is 0 Å². The van der Waals surface area contributed by atoms with E-state index in [9.17, 15) is 4.79 Å². The lowest BCUT2D eigenvalue weighted by atomic mass is 9.88. The molecular formula is C28H42O. The lowest BCUT2D eigenvalue weighted by Gasteiger charge is -2.15. The Morgan fingerprint density at radius 1 is 0.828 bits per heavy atom. The molecule has 29 heavy (non-hydrogen) atoms. The second kappa shape index (κ2) is 14.4. The minimum absolute atomic E-state index is 0.184. The minimum atomic E-state index is 0.184. The summed E-state index contributed by atoms with van der Waals surface area (Å²) >= 11 is 0. The molecule has 0 bridgehead atoms. The predicted molar refractivity (Wildman–Crippen MR) is 127 cm³/mol. The normalized spacial score (nSPS) is 15.7. The number of allylic oxidation sites excluding steroid dienone is 3. The maximum Gasteiger partial charge on any atom is 0.182 e. The summed E-state index contributed by atoms with van der Waals surface area (Å²) in [6.45, 7) is 4.20. The van der Waals surface area contributed by atoms with Crippen LogP contribution in [0.2, 0.25) is 0 Å². The summed E-state index contributed by atoms with van der Waals surface area (Å²) in [4.78, 5) is 12.5. The number of hydrogen-bond donors (Lipinski definition) is 0. The largest absolute Gasteiger partial charge is 0.290 e. The first-order chi connectivity index (χ1) is 14.3. The van der Waals surface area contributed by atoms with Gasteiger partial charge in [0.15, 0.2) is 5.78 Å². The van der Waals surface area contributed by atoms with E-state index in [-0.39, 0.29) is 5.78 Å². The van der Waals surface area contributed by atoms with Crippen LogP contribution in [0.5, 0.6) is 0 Å². The summed E-state index contributed by atoms with van der Waals surface area (Å²) in [6.07, 6.45) is 24.7. The van der Waals surface area contributed by atoms with Gasteiger partial charge in [-0.15, -0.1) is 0 Å². The van der Waals surface area contributed by atoms with Gasteiger partial charge >= 0.3 is 0 Å². The fraction of sp³-hybridized carbons (Fsp3) is 0.607. The number of rotatable bonds is 16. The minimum Gasteiger partial charge on any atom is -0.290 e. The lowest BCUT2D eigenvalue weighted by molar-refractivity contribution is -0.111. The zero-order chi connectivity index (χ0) is 20.7. The summed E-state index contributed by atoms with van der Waals surface area (Å²) in [7, 11) is 0. The fourth-order valence-electron chi connectivity index (χ4n) is 4.56. The van der Waals surface area contributed by atoms with Crippen LogP contribution < -0.4 is 0 Å². The van der Waals surface area contributed by atoms with Gasteiger partial charge in [0.1, 0.15) is 0 Å². The summed E-state index contributed by atoms with van der Waals surface area (Å²) in [6, 6.07) is 8.52. The van der Waals surface area contributed by atoms with Crippen molar-refractivity contribution in [3.63, 3.8) is 0 Å². The SMILES string of the molecule is C/C=C/C(=O)C1=Cc2ccccc2C1CCCCCCCCCCCCCCC. The highest BCUT2D eigenvalue weighted by Crippen LogP contribution is 2.40. The molecule has 0 fully saturated rings. The van der Waals surface area contributed by atoms with Crippen LogP contribution in [0.3, 0.4) is 0 Å². The molecule has 1 unspecified atom stereocenters. The molecule has 0 N–H and O–H groups in total. The molecule has 1 nitrogen and oxygen atoms in total. The molecule has 1 aromatic carbocycles. The summed E-state index contributed by atoms with van der Waals surface area (Å²) in [5, 5.41) is 0. The molecular weight excluding hydrogens is 352 g/mol. The number of unbranched alkanes of at least 4 members (excludes halogenated alkanes) is 12. The number of benzene rings is 1. The van der Waals surface area contributed by atoms with Gasteiger partial charge in [-0.05, 0) is 36.6 Å². The van der Waals surface area contributed by atoms with Crippen molar-refractivity contribution in [3.05, 3.63) is 53.1 Å². The Bertz CT molecular complexity index is 652. The number of ketones is 1. The lowest BCUT2D eigenvalue weighted by Crippen LogP contribution is -2.06. The molecule has 0 aliphatic heterocycles. The molecule has 1 aliphatic rings. The maximum absolute atomic E-state index is 12.5. The van der Waals surface area contributed by atoms with Crippen molar-refractivity contribution in [2.24, 2.45) is 0 Å². The topological polar surface area (TPSA) is 17.1 Å². The molecule has 160 valence electrons. The van der Waals surface area contributed by atoms with E-state index < -0.39 is 0 Å². The summed E-state index contributed by atoms with van der Waals surface area (Å²) in [5.74, 6) is 0.478. The highest BCUT2D eigenvalue weighted by Gasteiger charge is 2.27. The average Bonchev–Trinajstić information content (AvgIpc) is 3.10. The quantitative estimate of drug-likeness (QED) is 0.202. The van der Waals surface area contributed by atoms with Gasteiger partial charge in [-0.3, -0.25) is 4.79 Å². The van der Waals surface area contributed by atoms with Crippen LogP contribution in [-0.4, -0.2) is 5.78 Å². The number of carbonyl (C=O) groups excluding carboxylic acids is 1. The van der Waals surface area contributed by atoms with Crippen molar-refractivity contribution in [1.82, 2.24) is 0 Å². The Morgan fingerprint density at radius 3 is 1.97 bits per heavy atom. The molecule has 1 aliphatic carbocycles. The second-order valence-corrected chi connectivity index (χ2v) is 8.68. The zero-order valence-corrected chi connectivity index (χ0v) is 18.9. The monoisotopic (exact) mass is 394 g/mol. The van der Waals surface area contributed by atoms with Crippen molar-refractivity contribution < 1.29 is 4.79 Å². The maximum atomic E-state index is 12.5. The molecule has 0 heterocycles. The van der Waals surface area contributed by atoms with Crippen molar-refractivity contribution in [3.8, 4) is 0 Å². The predicted octanol–water partition coefficient (Wildman–Crippen LogP) is 8.79. The van der Waals surface area contributed by atoms with Crippen LogP contribution in [0.15, 0.2) is 42.0 Å². The van der Waals surface area contributed by atoms with E-state index in [2.05, 4.69) is 37.3 Å². The Morgan fingerprint density at radius 2 is 1.38 bits per heavy atom. The molecule has 1 aromatic rings. The highest BCUT2D eigenvalue weighted by atomic mass is 16.1. The van der Waals surface area contributed by atoms with Crippen LogP contribution in [-0.2, 0) is 4.79 Å². The summed E-state index contributed by atoms with van der Waals surface area (Å²) < 4.78 is 0. The Hall–Kier alpha value is -1.63. The van der Waals surface area contributed by atoms with Crippen LogP contribution in [0.25, 0.3) is 6.08 Å². The first-order valence-corrected chi connectivity index (χ1v) is 12.3. The summed E-state index contributed by atoms with van der Waals surface area (Å²) in [5.41, 5.74) is 3.57. The first-order valence-electron chi connectivity index (χ1n) is 12.3. The molecule has 2 rings (SSSR count). The average molecular weight is 395 g/mol. The Labute approximate surface area is 179 Å². The van der Waals surface area contributed by atoms with Gasteiger partial charge in [0.2, 0.25) is 0 Å². The number of fused-ring (bicyclic) bond motifs is 1. The van der Waals surface area contributed by atoms with Crippen molar-refractivity contribution >= 4 is 11.9 Å². The van der Waals surface area contributed by atoms with E-state index >= 15 is 0 Å². The zero-order valence-electron chi connectivity index (χ0n) is 18.9. The Balaban J connectivity index is 1.59. The molecule has 0 radical (unpaired) electrons. The van der Waals surface area contributed by atoms with Crippen LogP contribution in [0, 0.1) is 0 Å². The second-order valence-electron chi connectivity index (χ2n) is 8.68. The van der Waals surface area contributed by atoms with E-state index in [1.807, 2.05) is 13.0 Å². The molecule has 0 saturated heterocycles. The number of carbonyl (C=O) groups is 1. The molecule has 0 amide bonds. The Kier molecular flexibility index (Phi) is 11.7. The van der Waals surface area contributed by atoms with Gasteiger partial charge in [0, 0.05) is 11.5 Å². The third-order valence-electron chi connectivity index (χ3n) is 6.26. The van der Waals surface area contributed by atoms with Gasteiger partial charge in [-0.25, -0.2) is 0 Å². The standard InChI is InChI=1S/C28H42O/c1-3-5-6-7-8-9-10-11-12-13-14-15-16-22-26-25-21-18-17-20-24(25)23-27(26)28(29)19-4-2/h4,17-21,23,26H,3,5-16,22H2,1-2H3/b19-4+. The van der Waals surface area contributed by atoms with Crippen LogP contribution in [0.4, 0.5) is 0 Å². The molecule has 0 saturated carbocycles. The van der Waals surface area contributed by atoms with E-state index in [1.54, 1.807) is 6.08 Å². The van der Waals surface area contributed by atoms with E-state index in [4.69, 9.17) is 0 Å². The first kappa shape index (κ1) is 23.6. The van der Waals surface area contributed by atoms with E-state index in [0.717, 1.165) is 12.0 Å². The van der Waals surface area contributed by atoms with Gasteiger partial charge < -0.3 is 0 Å². The number of hydrogen-bond acceptors (Lipinski definition) is 1. The van der Waals surface area contributed by atoms with Crippen LogP contribution in [0.1, 0.15) is 121 Å². The van der Waals surface area contributed by atoms with E-state index in [0.29, 0.717) is 5.92 Å². The van der Waals surface area contributed by atoms with Crippen molar-refractivity contribution in [1.29, 1.82) is 0 Å². The van der Waals surface area contributed by atoms with Gasteiger partial charge in [-0.1, -0.05) is 121 Å². The fourth-order valence-corrected chi connectivity index (χ4v) is 4.56. The highest BCUT2D eigenvalue weighted by molar-refractivity contribution is 6.09. The van der Waals surface area contributed by atoms with Gasteiger partial charge in [0.25, 0.3) is 0 Å². The molecule has 1 heteroatoms. The molecule has 1 atom stereocenters. The smallest absolute Gasteiger partial charge is 0.182 e. The third-order valence-corrected chi connectivity index (χ3v) is 6.26. The van der Waals surface area contributed by atoms with Crippen LogP contribution >= 0.6 is 0 Å². The molecule has 0 spiro atoms. The van der Waals surface area contributed by atoms with Gasteiger partial charge in [-0.2, -0.15) is 0 Å². The van der Waals surface area contributed by atoms with Crippen molar-refractivity contribution in [2.45, 2.75) is 110 Å². The third kappa shape index (κ3) is 8.33.